The van der Waals surface area contributed by atoms with E-state index in [4.69, 9.17) is 4.42 Å². The molecule has 0 bridgehead atoms. The zero-order valence-corrected chi connectivity index (χ0v) is 12.2. The lowest BCUT2D eigenvalue weighted by Crippen LogP contribution is -2.31. The Labute approximate surface area is 126 Å². The summed E-state index contributed by atoms with van der Waals surface area (Å²) in [6.07, 6.45) is 1.39. The molecule has 2 heterocycles. The van der Waals surface area contributed by atoms with Gasteiger partial charge in [-0.2, -0.15) is 0 Å². The van der Waals surface area contributed by atoms with Crippen LogP contribution in [-0.2, 0) is 9.59 Å². The molecule has 2 amide bonds. The van der Waals surface area contributed by atoms with Crippen LogP contribution >= 0.6 is 0 Å². The van der Waals surface area contributed by atoms with E-state index in [-0.39, 0.29) is 18.4 Å². The quantitative estimate of drug-likeness (QED) is 0.855. The molecule has 0 unspecified atom stereocenters. The summed E-state index contributed by atoms with van der Waals surface area (Å²) in [6.45, 7) is 3.40. The molecular formula is C16H14N2O4. The van der Waals surface area contributed by atoms with Crippen LogP contribution in [0.2, 0.25) is 0 Å². The number of nitrogens with zero attached hydrogens (tertiary/aromatic N) is 1. The Morgan fingerprint density at radius 3 is 2.73 bits per heavy atom. The van der Waals surface area contributed by atoms with E-state index in [0.717, 1.165) is 15.8 Å². The van der Waals surface area contributed by atoms with Crippen LogP contribution in [0.25, 0.3) is 11.0 Å². The van der Waals surface area contributed by atoms with Crippen LogP contribution in [0.1, 0.15) is 12.5 Å². The van der Waals surface area contributed by atoms with Gasteiger partial charge < -0.3 is 9.73 Å². The number of imide groups is 1. The molecule has 6 heteroatoms. The number of aryl methyl sites for hydroxylation is 1. The SMILES string of the molecule is CC(=O)N1CC(Nc2ccc3c(C)cc(=O)oc3c2)=CC1=O. The van der Waals surface area contributed by atoms with Crippen LogP contribution in [-0.4, -0.2) is 23.3 Å². The molecule has 1 N–H and O–H groups in total. The van der Waals surface area contributed by atoms with Crippen molar-refractivity contribution in [3.8, 4) is 0 Å². The summed E-state index contributed by atoms with van der Waals surface area (Å²) in [5.74, 6) is -0.628. The fourth-order valence-corrected chi connectivity index (χ4v) is 2.45. The Morgan fingerprint density at radius 1 is 1.27 bits per heavy atom. The van der Waals surface area contributed by atoms with Gasteiger partial charge in [-0.05, 0) is 24.6 Å². The van der Waals surface area contributed by atoms with Crippen LogP contribution in [0.15, 0.2) is 45.3 Å². The van der Waals surface area contributed by atoms with Crippen LogP contribution in [0.4, 0.5) is 5.69 Å². The summed E-state index contributed by atoms with van der Waals surface area (Å²) in [7, 11) is 0. The van der Waals surface area contributed by atoms with Crippen molar-refractivity contribution in [3.05, 3.63) is 52.0 Å². The molecule has 6 nitrogen and oxygen atoms in total. The molecule has 0 spiro atoms. The number of carbonyl (C=O) groups excluding carboxylic acids is 2. The smallest absolute Gasteiger partial charge is 0.336 e. The first kappa shape index (κ1) is 14.1. The van der Waals surface area contributed by atoms with Crippen molar-refractivity contribution in [1.82, 2.24) is 4.90 Å². The summed E-state index contributed by atoms with van der Waals surface area (Å²) in [4.78, 5) is 35.5. The van der Waals surface area contributed by atoms with Gasteiger partial charge in [0, 0.05) is 41.9 Å². The summed E-state index contributed by atoms with van der Waals surface area (Å²) in [5, 5.41) is 3.93. The molecular weight excluding hydrogens is 284 g/mol. The Balaban J connectivity index is 1.89. The van der Waals surface area contributed by atoms with E-state index in [0.29, 0.717) is 17.0 Å². The maximum atomic E-state index is 11.6. The maximum absolute atomic E-state index is 11.6. The Morgan fingerprint density at radius 2 is 2.05 bits per heavy atom. The average molecular weight is 298 g/mol. The van der Waals surface area contributed by atoms with Gasteiger partial charge in [-0.15, -0.1) is 0 Å². The van der Waals surface area contributed by atoms with Crippen molar-refractivity contribution < 1.29 is 14.0 Å². The summed E-state index contributed by atoms with van der Waals surface area (Å²) < 4.78 is 5.18. The molecule has 112 valence electrons. The second-order valence-electron chi connectivity index (χ2n) is 5.20. The fraction of sp³-hybridized carbons (Fsp3) is 0.188. The Bertz CT molecular complexity index is 879. The minimum atomic E-state index is -0.403. The van der Waals surface area contributed by atoms with Gasteiger partial charge >= 0.3 is 5.63 Å². The van der Waals surface area contributed by atoms with E-state index in [1.54, 1.807) is 6.07 Å². The lowest BCUT2D eigenvalue weighted by Gasteiger charge is -2.12. The van der Waals surface area contributed by atoms with Gasteiger partial charge in [0.25, 0.3) is 5.91 Å². The van der Waals surface area contributed by atoms with Crippen molar-refractivity contribution in [2.75, 3.05) is 11.9 Å². The largest absolute Gasteiger partial charge is 0.423 e. The van der Waals surface area contributed by atoms with E-state index >= 15 is 0 Å². The van der Waals surface area contributed by atoms with Gasteiger partial charge in [-0.1, -0.05) is 0 Å². The minimum absolute atomic E-state index is 0.212. The summed E-state index contributed by atoms with van der Waals surface area (Å²) in [5.41, 5.74) is 2.22. The third kappa shape index (κ3) is 2.50. The second-order valence-corrected chi connectivity index (χ2v) is 5.20. The van der Waals surface area contributed by atoms with Crippen LogP contribution < -0.4 is 10.9 Å². The van der Waals surface area contributed by atoms with Gasteiger partial charge in [0.2, 0.25) is 5.91 Å². The molecule has 22 heavy (non-hydrogen) atoms. The fourth-order valence-electron chi connectivity index (χ4n) is 2.45. The third-order valence-corrected chi connectivity index (χ3v) is 3.53. The van der Waals surface area contributed by atoms with Crippen molar-refractivity contribution in [2.24, 2.45) is 0 Å². The number of nitrogens with one attached hydrogen (secondary N) is 1. The first-order valence-corrected chi connectivity index (χ1v) is 6.78. The first-order chi connectivity index (χ1) is 10.4. The van der Waals surface area contributed by atoms with Crippen LogP contribution in [0, 0.1) is 6.92 Å². The van der Waals surface area contributed by atoms with Crippen LogP contribution in [0.3, 0.4) is 0 Å². The monoisotopic (exact) mass is 298 g/mol. The number of anilines is 1. The average Bonchev–Trinajstić information content (AvgIpc) is 2.79. The standard InChI is InChI=1S/C16H14N2O4/c1-9-5-16(21)22-14-6-11(3-4-13(9)14)17-12-7-15(20)18(8-12)10(2)19/h3-7,17H,8H2,1-2H3. The second kappa shape index (κ2) is 5.14. The highest BCUT2D eigenvalue weighted by atomic mass is 16.4. The van der Waals surface area contributed by atoms with Crippen molar-refractivity contribution in [1.29, 1.82) is 0 Å². The number of carbonyl (C=O) groups is 2. The van der Waals surface area contributed by atoms with E-state index in [9.17, 15) is 14.4 Å². The van der Waals surface area contributed by atoms with Crippen molar-refractivity contribution >= 4 is 28.5 Å². The number of fused-ring (bicyclic) bond motifs is 1. The molecule has 1 aliphatic heterocycles. The highest BCUT2D eigenvalue weighted by Gasteiger charge is 2.24. The highest BCUT2D eigenvalue weighted by molar-refractivity contribution is 6.03. The van der Waals surface area contributed by atoms with E-state index in [1.807, 2.05) is 19.1 Å². The maximum Gasteiger partial charge on any atom is 0.336 e. The topological polar surface area (TPSA) is 79.6 Å². The molecule has 0 saturated carbocycles. The predicted molar refractivity (Wildman–Crippen MR) is 81.3 cm³/mol. The molecule has 0 saturated heterocycles. The van der Waals surface area contributed by atoms with Crippen LogP contribution in [0.5, 0.6) is 0 Å². The van der Waals surface area contributed by atoms with E-state index < -0.39 is 5.63 Å². The number of amides is 2. The predicted octanol–water partition coefficient (Wildman–Crippen LogP) is 1.79. The minimum Gasteiger partial charge on any atom is -0.423 e. The molecule has 3 rings (SSSR count). The van der Waals surface area contributed by atoms with Gasteiger partial charge in [-0.25, -0.2) is 4.79 Å². The Kier molecular flexibility index (Phi) is 3.29. The molecule has 0 fully saturated rings. The molecule has 1 aliphatic rings. The number of hydrogen-bond donors (Lipinski definition) is 1. The molecule has 0 aliphatic carbocycles. The van der Waals surface area contributed by atoms with E-state index in [1.165, 1.54) is 19.1 Å². The van der Waals surface area contributed by atoms with Gasteiger partial charge in [-0.3, -0.25) is 14.5 Å². The highest BCUT2D eigenvalue weighted by Crippen LogP contribution is 2.22. The number of benzene rings is 1. The lowest BCUT2D eigenvalue weighted by molar-refractivity contribution is -0.138. The molecule has 0 atom stereocenters. The summed E-state index contributed by atoms with van der Waals surface area (Å²) in [6, 6.07) is 6.82. The lowest BCUT2D eigenvalue weighted by atomic mass is 10.1. The molecule has 1 aromatic heterocycles. The van der Waals surface area contributed by atoms with Crippen molar-refractivity contribution in [3.63, 3.8) is 0 Å². The Hall–Kier alpha value is -2.89. The number of rotatable bonds is 2. The normalized spacial score (nSPS) is 14.4. The number of hydrogen-bond acceptors (Lipinski definition) is 5. The summed E-state index contributed by atoms with van der Waals surface area (Å²) >= 11 is 0. The first-order valence-electron chi connectivity index (χ1n) is 6.78. The molecule has 2 aromatic rings. The van der Waals surface area contributed by atoms with Gasteiger partial charge in [0.1, 0.15) is 5.58 Å². The van der Waals surface area contributed by atoms with E-state index in [2.05, 4.69) is 5.32 Å². The molecule has 0 radical (unpaired) electrons. The molecule has 1 aromatic carbocycles. The van der Waals surface area contributed by atoms with Crippen molar-refractivity contribution in [2.45, 2.75) is 13.8 Å². The van der Waals surface area contributed by atoms with Gasteiger partial charge in [0.15, 0.2) is 0 Å². The van der Waals surface area contributed by atoms with Gasteiger partial charge in [0.05, 0.1) is 6.54 Å². The third-order valence-electron chi connectivity index (χ3n) is 3.53. The zero-order valence-electron chi connectivity index (χ0n) is 12.2. The zero-order chi connectivity index (χ0) is 15.9.